The van der Waals surface area contributed by atoms with E-state index >= 15 is 0 Å². The summed E-state index contributed by atoms with van der Waals surface area (Å²) in [7, 11) is 1.58. The zero-order valence-electron chi connectivity index (χ0n) is 19.0. The number of anilines is 4. The monoisotopic (exact) mass is 453 g/mol. The van der Waals surface area contributed by atoms with Crippen LogP contribution in [0, 0.1) is 5.92 Å². The molecule has 0 spiro atoms. The van der Waals surface area contributed by atoms with E-state index in [4.69, 9.17) is 5.73 Å². The number of aliphatic imine (C=N–C) groups is 1. The highest BCUT2D eigenvalue weighted by atomic mass is 19.3. The zero-order chi connectivity index (χ0) is 23.7. The molecule has 33 heavy (non-hydrogen) atoms. The van der Waals surface area contributed by atoms with Crippen molar-refractivity contribution in [3.63, 3.8) is 0 Å². The molecule has 0 aliphatic carbocycles. The minimum atomic E-state index is -2.67. The molecule has 2 aromatic rings. The van der Waals surface area contributed by atoms with Crippen LogP contribution in [0.15, 0.2) is 41.5 Å². The minimum Gasteiger partial charge on any atom is -0.404 e. The van der Waals surface area contributed by atoms with Gasteiger partial charge in [-0.1, -0.05) is 13.0 Å². The van der Waals surface area contributed by atoms with Gasteiger partial charge in [-0.25, -0.2) is 8.78 Å². The summed E-state index contributed by atoms with van der Waals surface area (Å²) in [5, 5.41) is 6.40. The van der Waals surface area contributed by atoms with Crippen LogP contribution in [0.3, 0.4) is 0 Å². The second-order valence-corrected chi connectivity index (χ2v) is 8.80. The van der Waals surface area contributed by atoms with Gasteiger partial charge in [0, 0.05) is 55.3 Å². The Kier molecular flexibility index (Phi) is 6.35. The van der Waals surface area contributed by atoms with Crippen LogP contribution in [-0.4, -0.2) is 31.8 Å². The van der Waals surface area contributed by atoms with Crippen LogP contribution in [-0.2, 0) is 11.2 Å². The van der Waals surface area contributed by atoms with Crippen molar-refractivity contribution in [2.24, 2.45) is 16.6 Å². The van der Waals surface area contributed by atoms with Crippen LogP contribution in [0.2, 0.25) is 0 Å². The van der Waals surface area contributed by atoms with Crippen molar-refractivity contribution in [3.8, 4) is 0 Å². The van der Waals surface area contributed by atoms with E-state index in [0.29, 0.717) is 35.7 Å². The largest absolute Gasteiger partial charge is 0.404 e. The number of carbonyl (C=O) groups is 1. The molecule has 4 N–H and O–H groups in total. The second kappa shape index (κ2) is 9.21. The Labute approximate surface area is 192 Å². The molecule has 0 fully saturated rings. The highest BCUT2D eigenvalue weighted by Gasteiger charge is 2.30. The first-order valence-corrected chi connectivity index (χ1v) is 11.1. The van der Waals surface area contributed by atoms with E-state index in [0.717, 1.165) is 29.0 Å². The van der Waals surface area contributed by atoms with Crippen LogP contribution < -0.4 is 21.3 Å². The lowest BCUT2D eigenvalue weighted by atomic mass is 9.88. The van der Waals surface area contributed by atoms with Crippen molar-refractivity contribution in [2.45, 2.75) is 39.2 Å². The third kappa shape index (κ3) is 4.42. The molecule has 0 radical (unpaired) electrons. The Morgan fingerprint density at radius 3 is 2.73 bits per heavy atom. The summed E-state index contributed by atoms with van der Waals surface area (Å²) in [6, 6.07) is 9.03. The Balaban J connectivity index is 1.89. The first-order valence-electron chi connectivity index (χ1n) is 11.1. The number of amides is 1. The first kappa shape index (κ1) is 22.8. The molecule has 4 rings (SSSR count). The summed E-state index contributed by atoms with van der Waals surface area (Å²) in [6.45, 7) is 4.77. The van der Waals surface area contributed by atoms with Crippen LogP contribution >= 0.6 is 0 Å². The fourth-order valence-electron chi connectivity index (χ4n) is 4.71. The second-order valence-electron chi connectivity index (χ2n) is 8.80. The zero-order valence-corrected chi connectivity index (χ0v) is 19.0. The number of alkyl halides is 2. The number of fused-ring (bicyclic) bond motifs is 2. The maximum atomic E-state index is 14.2. The highest BCUT2D eigenvalue weighted by Crippen LogP contribution is 2.45. The van der Waals surface area contributed by atoms with Crippen LogP contribution in [0.5, 0.6) is 0 Å². The van der Waals surface area contributed by atoms with E-state index in [-0.39, 0.29) is 17.5 Å². The van der Waals surface area contributed by atoms with E-state index in [9.17, 15) is 13.6 Å². The lowest BCUT2D eigenvalue weighted by molar-refractivity contribution is -0.116. The molecule has 0 bridgehead atoms. The topological polar surface area (TPSA) is 82.8 Å². The molecule has 0 aromatic heterocycles. The molecule has 0 saturated carbocycles. The van der Waals surface area contributed by atoms with Crippen molar-refractivity contribution in [3.05, 3.63) is 53.2 Å². The highest BCUT2D eigenvalue weighted by molar-refractivity contribution is 6.10. The number of nitrogens with zero attached hydrogens (tertiary/aromatic N) is 2. The molecule has 2 heterocycles. The van der Waals surface area contributed by atoms with Gasteiger partial charge in [-0.3, -0.25) is 9.79 Å². The van der Waals surface area contributed by atoms with E-state index in [1.165, 1.54) is 12.4 Å². The number of para-hydroxylation sites is 1. The predicted molar refractivity (Wildman–Crippen MR) is 131 cm³/mol. The van der Waals surface area contributed by atoms with Gasteiger partial charge < -0.3 is 21.3 Å². The van der Waals surface area contributed by atoms with Crippen molar-refractivity contribution in [1.82, 2.24) is 0 Å². The molecule has 2 atom stereocenters. The number of hydrogen-bond acceptors (Lipinski definition) is 5. The van der Waals surface area contributed by atoms with Gasteiger partial charge in [0.15, 0.2) is 0 Å². The van der Waals surface area contributed by atoms with Gasteiger partial charge in [0.1, 0.15) is 0 Å². The van der Waals surface area contributed by atoms with Crippen molar-refractivity contribution >= 4 is 40.4 Å². The standard InChI is InChI=1S/C25H29F2N5O/c1-14-7-16-9-18(17(11-28)12-29-3)19(25(26)27)10-22(16)32(13-14)21-6-4-5-20-24(21)30-15(2)8-23(33)31-20/h4-6,9-12,14-15,25,30H,7-8,13,28H2,1-3H3,(H,31,33)/b17-11+,29-12?/t14-,15-/m1/s1. The summed E-state index contributed by atoms with van der Waals surface area (Å²) in [5.74, 6) is 0.239. The number of benzene rings is 2. The minimum absolute atomic E-state index is 0.0540. The molecule has 8 heteroatoms. The van der Waals surface area contributed by atoms with Gasteiger partial charge in [0.2, 0.25) is 5.91 Å². The molecule has 2 aromatic carbocycles. The average Bonchev–Trinajstić information content (AvgIpc) is 2.91. The number of nitrogens with two attached hydrogens (primary N) is 1. The molecule has 0 saturated heterocycles. The molecular formula is C25H29F2N5O. The average molecular weight is 454 g/mol. The van der Waals surface area contributed by atoms with Crippen LogP contribution in [0.1, 0.15) is 43.4 Å². The molecule has 2 aliphatic heterocycles. The maximum absolute atomic E-state index is 14.2. The fourth-order valence-corrected chi connectivity index (χ4v) is 4.71. The van der Waals surface area contributed by atoms with Crippen LogP contribution in [0.25, 0.3) is 5.57 Å². The smallest absolute Gasteiger partial charge is 0.264 e. The van der Waals surface area contributed by atoms with E-state index in [2.05, 4.69) is 27.4 Å². The first-order chi connectivity index (χ1) is 15.8. The van der Waals surface area contributed by atoms with Gasteiger partial charge in [-0.15, -0.1) is 0 Å². The Morgan fingerprint density at radius 1 is 1.24 bits per heavy atom. The number of nitrogens with one attached hydrogen (secondary N) is 2. The quantitative estimate of drug-likeness (QED) is 0.563. The van der Waals surface area contributed by atoms with Crippen molar-refractivity contribution in [1.29, 1.82) is 0 Å². The Morgan fingerprint density at radius 2 is 2.03 bits per heavy atom. The predicted octanol–water partition coefficient (Wildman–Crippen LogP) is 5.10. The van der Waals surface area contributed by atoms with Crippen molar-refractivity contribution < 1.29 is 13.6 Å². The molecular weight excluding hydrogens is 424 g/mol. The van der Waals surface area contributed by atoms with Gasteiger partial charge in [0.25, 0.3) is 6.43 Å². The lowest BCUT2D eigenvalue weighted by Crippen LogP contribution is -2.31. The molecule has 6 nitrogen and oxygen atoms in total. The van der Waals surface area contributed by atoms with Crippen LogP contribution in [0.4, 0.5) is 31.5 Å². The fraction of sp³-hybridized carbons (Fsp3) is 0.360. The Hall–Kier alpha value is -3.42. The summed E-state index contributed by atoms with van der Waals surface area (Å²) in [6.07, 6.45) is 1.27. The van der Waals surface area contributed by atoms with Gasteiger partial charge in [-0.2, -0.15) is 0 Å². The molecule has 2 aliphatic rings. The number of carbonyl (C=O) groups excluding carboxylic acids is 1. The van der Waals surface area contributed by atoms with Gasteiger partial charge >= 0.3 is 0 Å². The maximum Gasteiger partial charge on any atom is 0.264 e. The molecule has 174 valence electrons. The summed E-state index contributed by atoms with van der Waals surface area (Å²) < 4.78 is 28.3. The number of rotatable bonds is 4. The Bertz CT molecular complexity index is 1130. The van der Waals surface area contributed by atoms with Gasteiger partial charge in [-0.05, 0) is 54.7 Å². The molecule has 1 amide bonds. The normalized spacial score (nSPS) is 20.8. The SMILES string of the molecule is CN=C/C(=C\N)c1cc2c(cc1C(F)F)N(c1cccc3c1N[C@H](C)CC(=O)N3)C[C@H](C)C2. The van der Waals surface area contributed by atoms with E-state index in [1.807, 2.05) is 31.2 Å². The molecule has 0 unspecified atom stereocenters. The summed E-state index contributed by atoms with van der Waals surface area (Å²) in [5.41, 5.74) is 10.6. The lowest BCUT2D eigenvalue weighted by Gasteiger charge is -2.37. The number of allylic oxidation sites excluding steroid dienone is 1. The number of hydrogen-bond donors (Lipinski definition) is 3. The van der Waals surface area contributed by atoms with E-state index < -0.39 is 6.43 Å². The van der Waals surface area contributed by atoms with Gasteiger partial charge in [0.05, 0.1) is 17.1 Å². The third-order valence-corrected chi connectivity index (χ3v) is 6.09. The van der Waals surface area contributed by atoms with Crippen molar-refractivity contribution in [2.75, 3.05) is 29.1 Å². The third-order valence-electron chi connectivity index (χ3n) is 6.09. The summed E-state index contributed by atoms with van der Waals surface area (Å²) >= 11 is 0. The van der Waals surface area contributed by atoms with E-state index in [1.54, 1.807) is 13.1 Å². The summed E-state index contributed by atoms with van der Waals surface area (Å²) in [4.78, 5) is 18.3. The number of halogens is 2.